The second kappa shape index (κ2) is 8.69. The van der Waals surface area contributed by atoms with Crippen molar-refractivity contribution >= 4 is 0 Å². The van der Waals surface area contributed by atoms with E-state index in [9.17, 15) is 0 Å². The molecule has 2 aliphatic heterocycles. The SMILES string of the molecule is C[NH+](Cc1ccccc1)Cc1cn([C@H]2CO[C@H]3[C@@H]2OC[C@@H]3[NH2+]Cc2ccco2)nn1. The maximum absolute atomic E-state index is 6.12. The van der Waals surface area contributed by atoms with E-state index in [4.69, 9.17) is 13.9 Å². The fourth-order valence-electron chi connectivity index (χ4n) is 4.51. The zero-order valence-corrected chi connectivity index (χ0v) is 17.2. The van der Waals surface area contributed by atoms with Gasteiger partial charge in [0.25, 0.3) is 0 Å². The minimum absolute atomic E-state index is 0.0202. The maximum atomic E-state index is 6.12. The van der Waals surface area contributed by atoms with Crippen molar-refractivity contribution in [3.8, 4) is 0 Å². The topological polar surface area (TPSA) is 83.4 Å². The van der Waals surface area contributed by atoms with Crippen LogP contribution in [0.1, 0.15) is 23.1 Å². The number of benzene rings is 1. The van der Waals surface area contributed by atoms with Crippen molar-refractivity contribution in [2.75, 3.05) is 20.3 Å². The highest BCUT2D eigenvalue weighted by Gasteiger charge is 2.50. The van der Waals surface area contributed by atoms with Gasteiger partial charge in [-0.25, -0.2) is 4.68 Å². The molecule has 5 atom stereocenters. The van der Waals surface area contributed by atoms with E-state index in [0.29, 0.717) is 13.2 Å². The Labute approximate surface area is 175 Å². The number of ether oxygens (including phenoxy) is 2. The van der Waals surface area contributed by atoms with Gasteiger partial charge in [0.15, 0.2) is 5.76 Å². The molecular weight excluding hydrogens is 382 g/mol. The van der Waals surface area contributed by atoms with Crippen LogP contribution >= 0.6 is 0 Å². The van der Waals surface area contributed by atoms with Crippen molar-refractivity contribution in [1.29, 1.82) is 0 Å². The molecule has 2 saturated heterocycles. The zero-order valence-electron chi connectivity index (χ0n) is 17.2. The number of aromatic nitrogens is 3. The van der Waals surface area contributed by atoms with Crippen LogP contribution in [-0.2, 0) is 29.1 Å². The van der Waals surface area contributed by atoms with E-state index in [1.165, 1.54) is 10.5 Å². The van der Waals surface area contributed by atoms with Gasteiger partial charge in [-0.05, 0) is 12.1 Å². The summed E-state index contributed by atoms with van der Waals surface area (Å²) in [6.07, 6.45) is 3.85. The summed E-state index contributed by atoms with van der Waals surface area (Å²) in [6.45, 7) is 3.87. The Morgan fingerprint density at radius 1 is 1.07 bits per heavy atom. The third kappa shape index (κ3) is 4.17. The molecule has 3 N–H and O–H groups in total. The lowest BCUT2D eigenvalue weighted by molar-refractivity contribution is -0.908. The maximum Gasteiger partial charge on any atom is 0.157 e. The van der Waals surface area contributed by atoms with Gasteiger partial charge in [-0.2, -0.15) is 0 Å². The number of nitrogens with one attached hydrogen (secondary N) is 1. The fraction of sp³-hybridized carbons (Fsp3) is 0.455. The lowest BCUT2D eigenvalue weighted by Gasteiger charge is -2.15. The van der Waals surface area contributed by atoms with Crippen LogP contribution < -0.4 is 10.2 Å². The molecule has 0 bridgehead atoms. The van der Waals surface area contributed by atoms with E-state index in [1.54, 1.807) is 6.26 Å². The largest absolute Gasteiger partial charge is 0.463 e. The van der Waals surface area contributed by atoms with E-state index in [1.807, 2.05) is 29.1 Å². The van der Waals surface area contributed by atoms with Crippen molar-refractivity contribution in [2.24, 2.45) is 0 Å². The van der Waals surface area contributed by atoms with Crippen molar-refractivity contribution in [1.82, 2.24) is 15.0 Å². The molecule has 1 aromatic carbocycles. The van der Waals surface area contributed by atoms with Crippen molar-refractivity contribution in [3.63, 3.8) is 0 Å². The summed E-state index contributed by atoms with van der Waals surface area (Å²) in [5, 5.41) is 11.1. The average Bonchev–Trinajstić information content (AvgIpc) is 3.53. The van der Waals surface area contributed by atoms with Crippen molar-refractivity contribution < 1.29 is 24.1 Å². The van der Waals surface area contributed by atoms with Crippen LogP contribution in [0.5, 0.6) is 0 Å². The van der Waals surface area contributed by atoms with Gasteiger partial charge in [0.1, 0.15) is 56.2 Å². The minimum Gasteiger partial charge on any atom is -0.463 e. The summed E-state index contributed by atoms with van der Waals surface area (Å²) in [5.74, 6) is 0.969. The Morgan fingerprint density at radius 3 is 2.77 bits per heavy atom. The summed E-state index contributed by atoms with van der Waals surface area (Å²) < 4.78 is 19.6. The molecule has 0 aliphatic carbocycles. The van der Waals surface area contributed by atoms with Crippen LogP contribution in [0.4, 0.5) is 0 Å². The standard InChI is InChI=1S/C22H27N5O3/c1-26(11-16-6-3-2-4-7-16)12-17-13-27(25-24-17)20-15-30-21-19(14-29-22(20)21)23-10-18-8-5-9-28-18/h2-9,13,19-23H,10-12,14-15H2,1H3/p+2/t19-,20-,21+,22+/m0/s1. The summed E-state index contributed by atoms with van der Waals surface area (Å²) in [4.78, 5) is 1.37. The van der Waals surface area contributed by atoms with Gasteiger partial charge in [-0.3, -0.25) is 0 Å². The normalized spacial score (nSPS) is 26.7. The van der Waals surface area contributed by atoms with Gasteiger partial charge < -0.3 is 24.1 Å². The lowest BCUT2D eigenvalue weighted by atomic mass is 10.1. The highest BCUT2D eigenvalue weighted by molar-refractivity contribution is 5.13. The van der Waals surface area contributed by atoms with Crippen LogP contribution in [0, 0.1) is 0 Å². The van der Waals surface area contributed by atoms with Gasteiger partial charge in [-0.1, -0.05) is 35.5 Å². The highest BCUT2D eigenvalue weighted by Crippen LogP contribution is 2.32. The second-order valence-corrected chi connectivity index (χ2v) is 8.33. The molecule has 5 rings (SSSR count). The minimum atomic E-state index is 0.0202. The number of nitrogens with two attached hydrogens (primary N) is 1. The first-order valence-electron chi connectivity index (χ1n) is 10.6. The molecule has 0 radical (unpaired) electrons. The smallest absolute Gasteiger partial charge is 0.157 e. The quantitative estimate of drug-likeness (QED) is 0.525. The molecule has 0 amide bonds. The molecule has 158 valence electrons. The van der Waals surface area contributed by atoms with E-state index in [2.05, 4.69) is 46.9 Å². The first-order chi connectivity index (χ1) is 14.8. The molecule has 2 fully saturated rings. The van der Waals surface area contributed by atoms with Crippen LogP contribution in [0.2, 0.25) is 0 Å². The van der Waals surface area contributed by atoms with E-state index in [-0.39, 0.29) is 24.3 Å². The summed E-state index contributed by atoms with van der Waals surface area (Å²) in [5.41, 5.74) is 2.32. The number of rotatable bonds is 8. The second-order valence-electron chi connectivity index (χ2n) is 8.33. The molecule has 1 unspecified atom stereocenters. The van der Waals surface area contributed by atoms with Crippen molar-refractivity contribution in [3.05, 3.63) is 71.9 Å². The van der Waals surface area contributed by atoms with Crippen molar-refractivity contribution in [2.45, 2.75) is 43.9 Å². The van der Waals surface area contributed by atoms with E-state index < -0.39 is 0 Å². The van der Waals surface area contributed by atoms with Crippen LogP contribution in [0.15, 0.2) is 59.3 Å². The average molecular weight is 412 g/mol. The summed E-state index contributed by atoms with van der Waals surface area (Å²) in [7, 11) is 2.18. The van der Waals surface area contributed by atoms with Gasteiger partial charge in [0.05, 0.1) is 26.1 Å². The Balaban J connectivity index is 1.17. The van der Waals surface area contributed by atoms with Crippen LogP contribution in [-0.4, -0.2) is 53.5 Å². The zero-order chi connectivity index (χ0) is 20.3. The summed E-state index contributed by atoms with van der Waals surface area (Å²) >= 11 is 0. The van der Waals surface area contributed by atoms with Gasteiger partial charge in [0.2, 0.25) is 0 Å². The Kier molecular flexibility index (Phi) is 5.63. The monoisotopic (exact) mass is 411 g/mol. The first-order valence-corrected chi connectivity index (χ1v) is 10.6. The molecule has 0 spiro atoms. The first kappa shape index (κ1) is 19.4. The Hall–Kier alpha value is -2.52. The number of fused-ring (bicyclic) bond motifs is 1. The lowest BCUT2D eigenvalue weighted by Crippen LogP contribution is -3.06. The Morgan fingerprint density at radius 2 is 1.93 bits per heavy atom. The molecule has 8 nitrogen and oxygen atoms in total. The predicted octanol–water partition coefficient (Wildman–Crippen LogP) is -0.443. The van der Waals surface area contributed by atoms with Crippen LogP contribution in [0.3, 0.4) is 0 Å². The van der Waals surface area contributed by atoms with Gasteiger partial charge >= 0.3 is 0 Å². The van der Waals surface area contributed by atoms with Crippen LogP contribution in [0.25, 0.3) is 0 Å². The number of nitrogens with zero attached hydrogens (tertiary/aromatic N) is 3. The third-order valence-corrected chi connectivity index (χ3v) is 6.00. The number of quaternary nitrogens is 2. The van der Waals surface area contributed by atoms with Gasteiger partial charge in [-0.15, -0.1) is 5.10 Å². The fourth-order valence-corrected chi connectivity index (χ4v) is 4.51. The predicted molar refractivity (Wildman–Crippen MR) is 107 cm³/mol. The molecule has 4 heterocycles. The molecule has 3 aromatic rings. The van der Waals surface area contributed by atoms with E-state index >= 15 is 0 Å². The molecule has 8 heteroatoms. The number of hydrogen-bond acceptors (Lipinski definition) is 5. The summed E-state index contributed by atoms with van der Waals surface area (Å²) in [6, 6.07) is 14.8. The molecular formula is C22H29N5O3+2. The third-order valence-electron chi connectivity index (χ3n) is 6.00. The molecule has 2 aromatic heterocycles. The molecule has 0 saturated carbocycles. The highest BCUT2D eigenvalue weighted by atomic mass is 16.6. The number of furan rings is 1. The van der Waals surface area contributed by atoms with E-state index in [0.717, 1.165) is 31.1 Å². The number of hydrogen-bond donors (Lipinski definition) is 2. The molecule has 30 heavy (non-hydrogen) atoms. The Bertz CT molecular complexity index is 929. The van der Waals surface area contributed by atoms with Gasteiger partial charge in [0, 0.05) is 5.56 Å². The molecule has 2 aliphatic rings.